The Kier molecular flexibility index (Phi) is 9.96. The zero-order chi connectivity index (χ0) is 30.7. The van der Waals surface area contributed by atoms with Gasteiger partial charge in [0.1, 0.15) is 29.4 Å². The Morgan fingerprint density at radius 2 is 2.00 bits per heavy atom. The molecule has 42 heavy (non-hydrogen) atoms. The van der Waals surface area contributed by atoms with Crippen LogP contribution in [0.2, 0.25) is 0 Å². The maximum absolute atomic E-state index is 13.9. The van der Waals surface area contributed by atoms with Gasteiger partial charge in [-0.1, -0.05) is 32.0 Å². The summed E-state index contributed by atoms with van der Waals surface area (Å²) in [6.45, 7) is 8.37. The maximum Gasteiger partial charge on any atom is 0.459 e. The number of nitrogen functional groups attached to an aromatic ring is 1. The molecule has 16 heteroatoms. The number of anilines is 1. The quantitative estimate of drug-likeness (QED) is 0.143. The summed E-state index contributed by atoms with van der Waals surface area (Å²) in [6, 6.07) is 7.82. The number of carbonyl (C=O) groups is 1. The SMILES string of the molecule is CCOc1nc(N)nc2c1ncn2[C@@H]1O[C@H](CO[P@@](=O)(N[C@H](C)COC(=O)C(C)C)Oc2ccccc2)[C@@H](O)[C@@]1(C)Cl. The molecule has 4 rings (SSSR count). The number of para-hydroxylation sites is 1. The first-order valence-electron chi connectivity index (χ1n) is 13.4. The molecule has 2 aromatic heterocycles. The molecular formula is C26H36ClN6O8P. The van der Waals surface area contributed by atoms with Gasteiger partial charge in [0.05, 0.1) is 25.5 Å². The second-order valence-corrected chi connectivity index (χ2v) is 12.8. The van der Waals surface area contributed by atoms with E-state index in [0.717, 1.165) is 0 Å². The monoisotopic (exact) mass is 626 g/mol. The number of aliphatic hydroxyl groups excluding tert-OH is 1. The summed E-state index contributed by atoms with van der Waals surface area (Å²) in [4.78, 5) is 23.2. The Morgan fingerprint density at radius 1 is 1.29 bits per heavy atom. The Balaban J connectivity index is 1.53. The molecule has 6 atom stereocenters. The van der Waals surface area contributed by atoms with Crippen LogP contribution in [0.1, 0.15) is 40.8 Å². The van der Waals surface area contributed by atoms with Crippen LogP contribution in [-0.4, -0.2) is 73.5 Å². The molecule has 1 aromatic carbocycles. The number of aromatic nitrogens is 4. The molecule has 1 aliphatic heterocycles. The van der Waals surface area contributed by atoms with Crippen molar-refractivity contribution >= 4 is 42.4 Å². The number of imidazole rings is 1. The van der Waals surface area contributed by atoms with Crippen molar-refractivity contribution in [2.24, 2.45) is 5.92 Å². The van der Waals surface area contributed by atoms with Gasteiger partial charge in [-0.25, -0.2) is 14.6 Å². The van der Waals surface area contributed by atoms with E-state index in [-0.39, 0.29) is 36.7 Å². The van der Waals surface area contributed by atoms with E-state index >= 15 is 0 Å². The number of nitrogens with zero attached hydrogens (tertiary/aromatic N) is 4. The number of hydrogen-bond acceptors (Lipinski definition) is 12. The minimum absolute atomic E-state index is 0.0410. The van der Waals surface area contributed by atoms with Crippen LogP contribution in [0.5, 0.6) is 11.6 Å². The molecule has 1 saturated heterocycles. The van der Waals surface area contributed by atoms with Crippen LogP contribution in [0.3, 0.4) is 0 Å². The summed E-state index contributed by atoms with van der Waals surface area (Å²) < 4.78 is 43.9. The number of esters is 1. The third kappa shape index (κ3) is 7.13. The van der Waals surface area contributed by atoms with Crippen LogP contribution in [0.25, 0.3) is 11.2 Å². The zero-order valence-electron chi connectivity index (χ0n) is 24.0. The number of nitrogens with one attached hydrogen (secondary N) is 1. The van der Waals surface area contributed by atoms with Crippen LogP contribution in [0.15, 0.2) is 36.7 Å². The van der Waals surface area contributed by atoms with Crippen molar-refractivity contribution in [1.29, 1.82) is 0 Å². The molecule has 0 aliphatic carbocycles. The molecule has 0 radical (unpaired) electrons. The first-order valence-corrected chi connectivity index (χ1v) is 15.4. The van der Waals surface area contributed by atoms with Crippen molar-refractivity contribution in [3.05, 3.63) is 36.7 Å². The van der Waals surface area contributed by atoms with Gasteiger partial charge < -0.3 is 29.6 Å². The molecule has 0 bridgehead atoms. The summed E-state index contributed by atoms with van der Waals surface area (Å²) in [6.07, 6.45) is -1.85. The van der Waals surface area contributed by atoms with E-state index in [1.807, 2.05) is 0 Å². The van der Waals surface area contributed by atoms with Gasteiger partial charge in [0.25, 0.3) is 0 Å². The maximum atomic E-state index is 13.9. The van der Waals surface area contributed by atoms with Gasteiger partial charge in [-0.2, -0.15) is 9.97 Å². The van der Waals surface area contributed by atoms with E-state index < -0.39 is 43.1 Å². The highest BCUT2D eigenvalue weighted by Gasteiger charge is 2.54. The first kappa shape index (κ1) is 31.9. The van der Waals surface area contributed by atoms with E-state index in [2.05, 4.69) is 20.0 Å². The molecule has 3 aromatic rings. The molecule has 4 N–H and O–H groups in total. The molecule has 0 amide bonds. The number of halogens is 1. The van der Waals surface area contributed by atoms with E-state index in [0.29, 0.717) is 17.8 Å². The van der Waals surface area contributed by atoms with E-state index in [1.54, 1.807) is 65.0 Å². The van der Waals surface area contributed by atoms with Gasteiger partial charge in [-0.05, 0) is 32.9 Å². The largest absolute Gasteiger partial charge is 0.476 e. The van der Waals surface area contributed by atoms with Crippen LogP contribution >= 0.6 is 19.3 Å². The van der Waals surface area contributed by atoms with E-state index in [1.165, 1.54) is 10.9 Å². The summed E-state index contributed by atoms with van der Waals surface area (Å²) in [5.74, 6) is -0.279. The highest BCUT2D eigenvalue weighted by Crippen LogP contribution is 2.48. The van der Waals surface area contributed by atoms with Crippen molar-refractivity contribution in [2.45, 2.75) is 64.0 Å². The van der Waals surface area contributed by atoms with Crippen LogP contribution in [0, 0.1) is 5.92 Å². The smallest absolute Gasteiger partial charge is 0.459 e. The molecule has 14 nitrogen and oxygen atoms in total. The predicted octanol–water partition coefficient (Wildman–Crippen LogP) is 3.44. The Morgan fingerprint density at radius 3 is 2.67 bits per heavy atom. The van der Waals surface area contributed by atoms with Crippen LogP contribution in [0.4, 0.5) is 5.95 Å². The van der Waals surface area contributed by atoms with Crippen molar-refractivity contribution in [3.8, 4) is 11.6 Å². The van der Waals surface area contributed by atoms with Crippen LogP contribution in [-0.2, 0) is 23.4 Å². The van der Waals surface area contributed by atoms with Crippen molar-refractivity contribution in [3.63, 3.8) is 0 Å². The number of hydrogen-bond donors (Lipinski definition) is 3. The highest BCUT2D eigenvalue weighted by atomic mass is 35.5. The lowest BCUT2D eigenvalue weighted by atomic mass is 10.0. The summed E-state index contributed by atoms with van der Waals surface area (Å²) in [7, 11) is -4.09. The van der Waals surface area contributed by atoms with Gasteiger partial charge >= 0.3 is 13.7 Å². The number of alkyl halides is 1. The standard InChI is InChI=1S/C26H36ClN6O8P/c1-6-37-22-19-21(30-25(28)31-22)33(14-29-19)24-26(5,27)20(34)18(40-24)13-39-42(36,41-17-10-8-7-9-11-17)32-16(4)12-38-23(35)15(2)3/h7-11,14-16,18,20,24,34H,6,12-13H2,1-5H3,(H,32,36)(H2,28,30,31)/t16-,18-,20-,24-,26-,42+/m1/s1. The van der Waals surface area contributed by atoms with Gasteiger partial charge in [-0.15, -0.1) is 11.6 Å². The molecule has 1 fully saturated rings. The number of benzene rings is 1. The molecule has 0 spiro atoms. The summed E-state index contributed by atoms with van der Waals surface area (Å²) >= 11 is 6.82. The highest BCUT2D eigenvalue weighted by molar-refractivity contribution is 7.52. The fourth-order valence-corrected chi connectivity index (χ4v) is 6.06. The van der Waals surface area contributed by atoms with Crippen molar-refractivity contribution < 1.29 is 37.7 Å². The number of nitrogens with two attached hydrogens (primary N) is 1. The van der Waals surface area contributed by atoms with Gasteiger partial charge in [0, 0.05) is 6.04 Å². The Labute approximate surface area is 248 Å². The zero-order valence-corrected chi connectivity index (χ0v) is 25.6. The average Bonchev–Trinajstić information content (AvgIpc) is 3.44. The molecular weight excluding hydrogens is 591 g/mol. The minimum atomic E-state index is -4.09. The van der Waals surface area contributed by atoms with E-state index in [9.17, 15) is 14.5 Å². The second kappa shape index (κ2) is 13.1. The fraction of sp³-hybridized carbons (Fsp3) is 0.538. The van der Waals surface area contributed by atoms with Crippen LogP contribution < -0.4 is 20.1 Å². The Hall–Kier alpha value is -3.00. The first-order chi connectivity index (χ1) is 19.8. The lowest BCUT2D eigenvalue weighted by molar-refractivity contribution is -0.147. The number of carbonyl (C=O) groups excluding carboxylic acids is 1. The molecule has 0 unspecified atom stereocenters. The third-order valence-corrected chi connectivity index (χ3v) is 8.47. The second-order valence-electron chi connectivity index (χ2n) is 10.3. The van der Waals surface area contributed by atoms with Gasteiger partial charge in [0.2, 0.25) is 11.8 Å². The number of fused-ring (bicyclic) bond motifs is 1. The molecule has 230 valence electrons. The lowest BCUT2D eigenvalue weighted by Crippen LogP contribution is -2.40. The van der Waals surface area contributed by atoms with E-state index in [4.69, 9.17) is 40.6 Å². The van der Waals surface area contributed by atoms with Gasteiger partial charge in [-0.3, -0.25) is 13.9 Å². The summed E-state index contributed by atoms with van der Waals surface area (Å²) in [5, 5.41) is 13.9. The number of aliphatic hydroxyl groups is 1. The topological polar surface area (TPSA) is 182 Å². The molecule has 3 heterocycles. The van der Waals surface area contributed by atoms with Crippen molar-refractivity contribution in [1.82, 2.24) is 24.6 Å². The van der Waals surface area contributed by atoms with Crippen molar-refractivity contribution in [2.75, 3.05) is 25.6 Å². The normalized spacial score (nSPS) is 24.4. The average molecular weight is 627 g/mol. The predicted molar refractivity (Wildman–Crippen MR) is 154 cm³/mol. The summed E-state index contributed by atoms with van der Waals surface area (Å²) in [5.41, 5.74) is 6.52. The molecule has 1 aliphatic rings. The molecule has 0 saturated carbocycles. The van der Waals surface area contributed by atoms with Gasteiger partial charge in [0.15, 0.2) is 17.4 Å². The fourth-order valence-electron chi connectivity index (χ4n) is 4.23. The number of ether oxygens (including phenoxy) is 3. The number of rotatable bonds is 13. The third-order valence-electron chi connectivity index (χ3n) is 6.36. The Bertz CT molecular complexity index is 1420. The lowest BCUT2D eigenvalue weighted by Gasteiger charge is -2.26. The minimum Gasteiger partial charge on any atom is -0.476 e.